The molecule has 0 aliphatic rings. The molecule has 3 aromatic rings. The van der Waals surface area contributed by atoms with Crippen molar-refractivity contribution in [3.63, 3.8) is 0 Å². The fourth-order valence-electron chi connectivity index (χ4n) is 2.31. The molecule has 5 heteroatoms. The zero-order chi connectivity index (χ0) is 17.6. The van der Waals surface area contributed by atoms with Crippen molar-refractivity contribution in [2.24, 2.45) is 0 Å². The highest BCUT2D eigenvalue weighted by Gasteiger charge is 2.09. The zero-order valence-electron chi connectivity index (χ0n) is 13.7. The molecule has 0 aliphatic heterocycles. The third kappa shape index (κ3) is 4.36. The third-order valence-electron chi connectivity index (χ3n) is 3.72. The second-order valence-corrected chi connectivity index (χ2v) is 7.19. The Bertz CT molecular complexity index is 936. The number of anilines is 1. The molecule has 3 nitrogen and oxygen atoms in total. The Morgan fingerprint density at radius 3 is 2.76 bits per heavy atom. The summed E-state index contributed by atoms with van der Waals surface area (Å²) in [4.78, 5) is 4.60. The van der Waals surface area contributed by atoms with E-state index in [0.29, 0.717) is 10.6 Å². The van der Waals surface area contributed by atoms with Gasteiger partial charge in [-0.1, -0.05) is 47.1 Å². The fourth-order valence-corrected chi connectivity index (χ4v) is 3.51. The van der Waals surface area contributed by atoms with Crippen LogP contribution in [0.2, 0.25) is 0 Å². The fraction of sp³-hybridized carbons (Fsp3) is 0.100. The molecule has 2 aromatic carbocycles. The summed E-state index contributed by atoms with van der Waals surface area (Å²) in [6.07, 6.45) is 2.72. The minimum atomic E-state index is 0.519. The monoisotopic (exact) mass is 409 g/mol. The van der Waals surface area contributed by atoms with E-state index >= 15 is 0 Å². The van der Waals surface area contributed by atoms with E-state index in [4.69, 9.17) is 0 Å². The lowest BCUT2D eigenvalue weighted by molar-refractivity contribution is 1.14. The standard InChI is InChI=1S/C20H16BrN3S/c1-2-14-6-8-18(9-7-14)23-12-16(11-22)20-24-19(13-25-20)15-4-3-5-17(21)10-15/h3-10,12-13,23H,2H2,1H3. The van der Waals surface area contributed by atoms with Crippen molar-refractivity contribution in [2.75, 3.05) is 5.32 Å². The van der Waals surface area contributed by atoms with Crippen molar-refractivity contribution in [3.8, 4) is 17.3 Å². The maximum atomic E-state index is 9.46. The normalized spacial score (nSPS) is 11.2. The van der Waals surface area contributed by atoms with Gasteiger partial charge in [0.2, 0.25) is 0 Å². The molecule has 0 saturated carbocycles. The van der Waals surface area contributed by atoms with Gasteiger partial charge >= 0.3 is 0 Å². The van der Waals surface area contributed by atoms with Crippen LogP contribution in [-0.4, -0.2) is 4.98 Å². The van der Waals surface area contributed by atoms with E-state index in [0.717, 1.165) is 27.8 Å². The molecule has 0 unspecified atom stereocenters. The van der Waals surface area contributed by atoms with Gasteiger partial charge in [-0.2, -0.15) is 5.26 Å². The summed E-state index contributed by atoms with van der Waals surface area (Å²) in [5.74, 6) is 0. The minimum absolute atomic E-state index is 0.519. The molecular formula is C20H16BrN3S. The highest BCUT2D eigenvalue weighted by Crippen LogP contribution is 2.27. The number of aryl methyl sites for hydroxylation is 1. The zero-order valence-corrected chi connectivity index (χ0v) is 16.1. The van der Waals surface area contributed by atoms with Gasteiger partial charge < -0.3 is 5.32 Å². The first-order valence-electron chi connectivity index (χ1n) is 7.87. The van der Waals surface area contributed by atoms with E-state index in [2.05, 4.69) is 51.4 Å². The first-order chi connectivity index (χ1) is 12.2. The van der Waals surface area contributed by atoms with Crippen molar-refractivity contribution >= 4 is 38.5 Å². The number of rotatable bonds is 5. The summed E-state index contributed by atoms with van der Waals surface area (Å²) in [7, 11) is 0. The van der Waals surface area contributed by atoms with Gasteiger partial charge in [0, 0.05) is 27.3 Å². The highest BCUT2D eigenvalue weighted by atomic mass is 79.9. The van der Waals surface area contributed by atoms with E-state index in [-0.39, 0.29) is 0 Å². The number of benzene rings is 2. The number of nitrogens with zero attached hydrogens (tertiary/aromatic N) is 2. The maximum Gasteiger partial charge on any atom is 0.136 e. The van der Waals surface area contributed by atoms with Crippen LogP contribution in [0.3, 0.4) is 0 Å². The number of nitrogens with one attached hydrogen (secondary N) is 1. The number of hydrogen-bond acceptors (Lipinski definition) is 4. The van der Waals surface area contributed by atoms with E-state index in [1.807, 2.05) is 41.8 Å². The van der Waals surface area contributed by atoms with Gasteiger partial charge in [-0.25, -0.2) is 4.98 Å². The quantitative estimate of drug-likeness (QED) is 0.516. The van der Waals surface area contributed by atoms with Crippen LogP contribution in [0, 0.1) is 11.3 Å². The van der Waals surface area contributed by atoms with Gasteiger partial charge in [-0.15, -0.1) is 11.3 Å². The van der Waals surface area contributed by atoms with Gasteiger partial charge in [0.15, 0.2) is 0 Å². The van der Waals surface area contributed by atoms with Crippen molar-refractivity contribution in [1.29, 1.82) is 5.26 Å². The van der Waals surface area contributed by atoms with Gasteiger partial charge in [-0.05, 0) is 36.2 Å². The molecule has 0 aliphatic carbocycles. The van der Waals surface area contributed by atoms with Gasteiger partial charge in [-0.3, -0.25) is 0 Å². The Morgan fingerprint density at radius 1 is 1.28 bits per heavy atom. The van der Waals surface area contributed by atoms with Crippen LogP contribution in [0.15, 0.2) is 64.6 Å². The van der Waals surface area contributed by atoms with Crippen LogP contribution in [0.5, 0.6) is 0 Å². The predicted molar refractivity (Wildman–Crippen MR) is 108 cm³/mol. The average molecular weight is 410 g/mol. The lowest BCUT2D eigenvalue weighted by Gasteiger charge is -2.03. The van der Waals surface area contributed by atoms with Crippen LogP contribution in [0.1, 0.15) is 17.5 Å². The van der Waals surface area contributed by atoms with Crippen molar-refractivity contribution in [2.45, 2.75) is 13.3 Å². The summed E-state index contributed by atoms with van der Waals surface area (Å²) in [6.45, 7) is 2.13. The number of halogens is 1. The van der Waals surface area contributed by atoms with E-state index in [1.165, 1.54) is 16.9 Å². The Labute approximate surface area is 159 Å². The molecule has 0 amide bonds. The van der Waals surface area contributed by atoms with Crippen LogP contribution in [-0.2, 0) is 6.42 Å². The van der Waals surface area contributed by atoms with Crippen molar-refractivity contribution < 1.29 is 0 Å². The first kappa shape index (κ1) is 17.4. The Morgan fingerprint density at radius 2 is 2.08 bits per heavy atom. The van der Waals surface area contributed by atoms with E-state index < -0.39 is 0 Å². The molecule has 1 N–H and O–H groups in total. The molecule has 0 spiro atoms. The number of aromatic nitrogens is 1. The van der Waals surface area contributed by atoms with Crippen molar-refractivity contribution in [3.05, 3.63) is 75.2 Å². The molecular weight excluding hydrogens is 394 g/mol. The molecule has 0 atom stereocenters. The molecule has 1 heterocycles. The second-order valence-electron chi connectivity index (χ2n) is 5.41. The molecule has 124 valence electrons. The number of nitriles is 1. The average Bonchev–Trinajstić information content (AvgIpc) is 3.13. The highest BCUT2D eigenvalue weighted by molar-refractivity contribution is 9.10. The van der Waals surface area contributed by atoms with Crippen LogP contribution in [0.4, 0.5) is 5.69 Å². The maximum absolute atomic E-state index is 9.46. The molecule has 0 fully saturated rings. The lowest BCUT2D eigenvalue weighted by atomic mass is 10.1. The van der Waals surface area contributed by atoms with Gasteiger partial charge in [0.05, 0.1) is 5.69 Å². The summed E-state index contributed by atoms with van der Waals surface area (Å²) in [5.41, 5.74) is 4.65. The molecule has 3 rings (SSSR count). The van der Waals surface area contributed by atoms with Gasteiger partial charge in [0.1, 0.15) is 16.6 Å². The predicted octanol–water partition coefficient (Wildman–Crippen LogP) is 6.11. The topological polar surface area (TPSA) is 48.7 Å². The number of thiazole rings is 1. The molecule has 0 radical (unpaired) electrons. The number of hydrogen-bond donors (Lipinski definition) is 1. The third-order valence-corrected chi connectivity index (χ3v) is 5.09. The SMILES string of the molecule is CCc1ccc(NC=C(C#N)c2nc(-c3cccc(Br)c3)cs2)cc1. The summed E-state index contributed by atoms with van der Waals surface area (Å²) in [6, 6.07) is 18.4. The summed E-state index contributed by atoms with van der Waals surface area (Å²) in [5, 5.41) is 15.3. The second kappa shape index (κ2) is 8.11. The summed E-state index contributed by atoms with van der Waals surface area (Å²) >= 11 is 4.94. The van der Waals surface area contributed by atoms with Crippen LogP contribution in [0.25, 0.3) is 16.8 Å². The minimum Gasteiger partial charge on any atom is -0.360 e. The van der Waals surface area contributed by atoms with Gasteiger partial charge in [0.25, 0.3) is 0 Å². The molecule has 0 saturated heterocycles. The molecule has 25 heavy (non-hydrogen) atoms. The lowest BCUT2D eigenvalue weighted by Crippen LogP contribution is -1.91. The molecule has 1 aromatic heterocycles. The smallest absolute Gasteiger partial charge is 0.136 e. The van der Waals surface area contributed by atoms with Crippen LogP contribution < -0.4 is 5.32 Å². The Balaban J connectivity index is 1.80. The Hall–Kier alpha value is -2.42. The van der Waals surface area contributed by atoms with Crippen LogP contribution >= 0.6 is 27.3 Å². The molecule has 0 bridgehead atoms. The van der Waals surface area contributed by atoms with E-state index in [9.17, 15) is 5.26 Å². The number of allylic oxidation sites excluding steroid dienone is 1. The largest absolute Gasteiger partial charge is 0.360 e. The Kier molecular flexibility index (Phi) is 5.64. The van der Waals surface area contributed by atoms with Crippen molar-refractivity contribution in [1.82, 2.24) is 4.98 Å². The first-order valence-corrected chi connectivity index (χ1v) is 9.54. The van der Waals surface area contributed by atoms with E-state index in [1.54, 1.807) is 6.20 Å². The summed E-state index contributed by atoms with van der Waals surface area (Å²) < 4.78 is 1.01.